The molecule has 322 valence electrons. The number of hydrogen-bond donors (Lipinski definition) is 0. The van der Waals surface area contributed by atoms with Crippen LogP contribution in [0.4, 0.5) is 0 Å². The molecule has 4 heterocycles. The Balaban J connectivity index is 0.988. The molecule has 0 spiro atoms. The van der Waals surface area contributed by atoms with Gasteiger partial charge in [0.25, 0.3) is 0 Å². The van der Waals surface area contributed by atoms with E-state index in [1.54, 1.807) is 0 Å². The lowest BCUT2D eigenvalue weighted by molar-refractivity contribution is 0.669. The number of para-hydroxylation sites is 4. The van der Waals surface area contributed by atoms with Gasteiger partial charge in [0.2, 0.25) is 5.95 Å². The Morgan fingerprint density at radius 3 is 1.49 bits per heavy atom. The van der Waals surface area contributed by atoms with E-state index in [2.05, 4.69) is 228 Å². The van der Waals surface area contributed by atoms with Crippen molar-refractivity contribution in [2.45, 2.75) is 0 Å². The predicted molar refractivity (Wildman–Crippen MR) is 283 cm³/mol. The second-order valence-corrected chi connectivity index (χ2v) is 17.6. The van der Waals surface area contributed by atoms with Crippen molar-refractivity contribution in [3.05, 3.63) is 237 Å². The van der Waals surface area contributed by atoms with Crippen LogP contribution in [0.3, 0.4) is 0 Å². The van der Waals surface area contributed by atoms with Crippen LogP contribution < -0.4 is 0 Å². The van der Waals surface area contributed by atoms with Crippen LogP contribution in [0.15, 0.2) is 241 Å². The Bertz CT molecular complexity index is 4250. The molecule has 0 aliphatic heterocycles. The molecular weight excluding hydrogens is 843 g/mol. The monoisotopic (exact) mass is 881 g/mol. The molecule has 0 fully saturated rings. The molecule has 0 aliphatic rings. The normalized spacial score (nSPS) is 11.8. The number of benzene rings is 10. The van der Waals surface area contributed by atoms with Crippen molar-refractivity contribution < 1.29 is 4.42 Å². The second-order valence-electron chi connectivity index (χ2n) is 17.6. The Morgan fingerprint density at radius 2 is 0.812 bits per heavy atom. The third-order valence-electron chi connectivity index (χ3n) is 13.6. The molecular formula is C63H39N5O. The van der Waals surface area contributed by atoms with E-state index in [-0.39, 0.29) is 0 Å². The number of hydrogen-bond acceptors (Lipinski definition) is 4. The molecule has 0 unspecified atom stereocenters. The van der Waals surface area contributed by atoms with Crippen LogP contribution in [0, 0.1) is 0 Å². The first-order valence-corrected chi connectivity index (χ1v) is 23.3. The van der Waals surface area contributed by atoms with Gasteiger partial charge < -0.3 is 8.98 Å². The van der Waals surface area contributed by atoms with Crippen molar-refractivity contribution in [2.75, 3.05) is 0 Å². The van der Waals surface area contributed by atoms with Gasteiger partial charge in [0, 0.05) is 43.6 Å². The summed E-state index contributed by atoms with van der Waals surface area (Å²) in [6, 6.07) is 83.4. The van der Waals surface area contributed by atoms with Gasteiger partial charge in [-0.2, -0.15) is 9.97 Å². The van der Waals surface area contributed by atoms with Gasteiger partial charge in [-0.1, -0.05) is 182 Å². The van der Waals surface area contributed by atoms with E-state index >= 15 is 0 Å². The molecule has 6 nitrogen and oxygen atoms in total. The molecule has 0 atom stereocenters. The minimum atomic E-state index is 0.525. The van der Waals surface area contributed by atoms with Crippen molar-refractivity contribution in [1.82, 2.24) is 24.1 Å². The van der Waals surface area contributed by atoms with Crippen LogP contribution in [0.1, 0.15) is 0 Å². The molecule has 0 saturated carbocycles. The highest BCUT2D eigenvalue weighted by atomic mass is 16.3. The summed E-state index contributed by atoms with van der Waals surface area (Å²) in [5.74, 6) is 1.68. The van der Waals surface area contributed by atoms with Gasteiger partial charge in [-0.25, -0.2) is 4.98 Å². The van der Waals surface area contributed by atoms with Gasteiger partial charge in [-0.15, -0.1) is 0 Å². The van der Waals surface area contributed by atoms with Gasteiger partial charge in [-0.05, 0) is 82.4 Å². The van der Waals surface area contributed by atoms with E-state index in [9.17, 15) is 0 Å². The smallest absolute Gasteiger partial charge is 0.238 e. The van der Waals surface area contributed by atoms with Crippen LogP contribution in [0.5, 0.6) is 0 Å². The first-order valence-electron chi connectivity index (χ1n) is 23.3. The van der Waals surface area contributed by atoms with E-state index in [0.29, 0.717) is 17.6 Å². The number of rotatable bonds is 7. The Morgan fingerprint density at radius 1 is 0.304 bits per heavy atom. The summed E-state index contributed by atoms with van der Waals surface area (Å²) in [5, 5.41) is 6.72. The lowest BCUT2D eigenvalue weighted by atomic mass is 9.96. The molecule has 0 aliphatic carbocycles. The van der Waals surface area contributed by atoms with E-state index < -0.39 is 0 Å². The lowest BCUT2D eigenvalue weighted by Crippen LogP contribution is -2.06. The lowest BCUT2D eigenvalue weighted by Gasteiger charge is -2.16. The number of nitrogens with zero attached hydrogens (tertiary/aromatic N) is 5. The molecule has 14 aromatic rings. The summed E-state index contributed by atoms with van der Waals surface area (Å²) in [4.78, 5) is 16.1. The standard InChI is InChI=1S/C63H39N5O/c1-3-16-40(17-4-1)44-20-15-21-46(38-44)62-64-61(65-63(66-62)68-55-28-13-9-24-49(55)50-35-37-58-59(60(50)68)51-25-10-14-29-57(51)69-58)43-32-30-42(31-33-43)52-39-45(41-18-5-2-6-19-41)34-36-56(52)67-53-26-11-7-22-47(53)48-23-8-12-27-54(48)67/h1-39H. The molecule has 4 aromatic heterocycles. The average molecular weight is 882 g/mol. The SMILES string of the molecule is c1ccc(-c2cccc(-c3nc(-c4ccc(-c5cc(-c6ccccc6)ccc5-n5c6ccccc6c6ccccc65)cc4)nc(-n4c5ccccc5c5ccc6oc7ccccc7c6c54)n3)c2)cc1. The first-order chi connectivity index (χ1) is 34.2. The molecule has 69 heavy (non-hydrogen) atoms. The Kier molecular flexibility index (Phi) is 8.79. The third kappa shape index (κ3) is 6.30. The Labute approximate surface area is 396 Å². The fraction of sp³-hybridized carbons (Fsp3) is 0. The molecule has 0 bridgehead atoms. The maximum Gasteiger partial charge on any atom is 0.238 e. The van der Waals surface area contributed by atoms with Gasteiger partial charge >= 0.3 is 0 Å². The molecule has 6 heteroatoms. The van der Waals surface area contributed by atoms with Crippen molar-refractivity contribution >= 4 is 65.6 Å². The average Bonchev–Trinajstić information content (AvgIpc) is 4.09. The van der Waals surface area contributed by atoms with E-state index in [4.69, 9.17) is 19.4 Å². The third-order valence-corrected chi connectivity index (χ3v) is 13.6. The van der Waals surface area contributed by atoms with Crippen molar-refractivity contribution in [2.24, 2.45) is 0 Å². The van der Waals surface area contributed by atoms with Gasteiger partial charge in [0.1, 0.15) is 11.2 Å². The van der Waals surface area contributed by atoms with Gasteiger partial charge in [0.15, 0.2) is 11.6 Å². The maximum atomic E-state index is 6.47. The zero-order valence-electron chi connectivity index (χ0n) is 37.2. The van der Waals surface area contributed by atoms with Crippen LogP contribution in [0.25, 0.3) is 133 Å². The summed E-state index contributed by atoms with van der Waals surface area (Å²) in [7, 11) is 0. The number of fused-ring (bicyclic) bond motifs is 10. The number of furan rings is 1. The summed E-state index contributed by atoms with van der Waals surface area (Å²) in [6.45, 7) is 0. The summed E-state index contributed by atoms with van der Waals surface area (Å²) < 4.78 is 11.1. The highest BCUT2D eigenvalue weighted by molar-refractivity contribution is 6.24. The second kappa shape index (κ2) is 15.6. The summed E-state index contributed by atoms with van der Waals surface area (Å²) in [5.41, 5.74) is 15.5. The highest BCUT2D eigenvalue weighted by Gasteiger charge is 2.23. The van der Waals surface area contributed by atoms with Crippen LogP contribution >= 0.6 is 0 Å². The van der Waals surface area contributed by atoms with Gasteiger partial charge in [0.05, 0.1) is 33.1 Å². The predicted octanol–water partition coefficient (Wildman–Crippen LogP) is 16.3. The quantitative estimate of drug-likeness (QED) is 0.160. The molecule has 10 aromatic carbocycles. The zero-order chi connectivity index (χ0) is 45.4. The molecule has 0 N–H and O–H groups in total. The minimum absolute atomic E-state index is 0.525. The number of aromatic nitrogens is 5. The highest BCUT2D eigenvalue weighted by Crippen LogP contribution is 2.42. The van der Waals surface area contributed by atoms with E-state index in [0.717, 1.165) is 105 Å². The molecule has 0 saturated heterocycles. The summed E-state index contributed by atoms with van der Waals surface area (Å²) >= 11 is 0. The zero-order valence-corrected chi connectivity index (χ0v) is 37.2. The van der Waals surface area contributed by atoms with Crippen LogP contribution in [-0.4, -0.2) is 24.1 Å². The fourth-order valence-corrected chi connectivity index (χ4v) is 10.4. The topological polar surface area (TPSA) is 61.7 Å². The molecule has 14 rings (SSSR count). The molecule has 0 radical (unpaired) electrons. The fourth-order valence-electron chi connectivity index (χ4n) is 10.4. The van der Waals surface area contributed by atoms with Crippen molar-refractivity contribution in [3.8, 4) is 67.8 Å². The van der Waals surface area contributed by atoms with Crippen LogP contribution in [0.2, 0.25) is 0 Å². The first kappa shape index (κ1) is 38.8. The minimum Gasteiger partial charge on any atom is -0.456 e. The Hall–Kier alpha value is -9.39. The van der Waals surface area contributed by atoms with E-state index in [1.165, 1.54) is 10.8 Å². The van der Waals surface area contributed by atoms with Gasteiger partial charge in [-0.3, -0.25) is 4.57 Å². The van der Waals surface area contributed by atoms with Crippen molar-refractivity contribution in [1.29, 1.82) is 0 Å². The van der Waals surface area contributed by atoms with Crippen molar-refractivity contribution in [3.63, 3.8) is 0 Å². The summed E-state index contributed by atoms with van der Waals surface area (Å²) in [6.07, 6.45) is 0. The van der Waals surface area contributed by atoms with Crippen LogP contribution in [-0.2, 0) is 0 Å². The van der Waals surface area contributed by atoms with E-state index in [1.807, 2.05) is 18.2 Å². The molecule has 0 amide bonds. The maximum absolute atomic E-state index is 6.47. The largest absolute Gasteiger partial charge is 0.456 e.